The number of hydrogen-bond donors (Lipinski definition) is 4. The Bertz CT molecular complexity index is 1610. The average molecular weight is 582 g/mol. The molecule has 1 atom stereocenters. The van der Waals surface area contributed by atoms with Gasteiger partial charge < -0.3 is 21.7 Å². The number of amides is 2. The molecule has 1 aliphatic rings. The topological polar surface area (TPSA) is 109 Å². The van der Waals surface area contributed by atoms with Crippen molar-refractivity contribution in [3.63, 3.8) is 0 Å². The highest BCUT2D eigenvalue weighted by Gasteiger charge is 2.34. The fraction of sp³-hybridized carbons (Fsp3) is 0.156. The predicted molar refractivity (Wildman–Crippen MR) is 169 cm³/mol. The highest BCUT2D eigenvalue weighted by atomic mass is 32.2. The van der Waals surface area contributed by atoms with Crippen LogP contribution < -0.4 is 21.7 Å². The van der Waals surface area contributed by atoms with E-state index in [0.717, 1.165) is 33.1 Å². The number of nitrogens with one attached hydrogen (secondary N) is 3. The Kier molecular flexibility index (Phi) is 8.86. The molecule has 9 heteroatoms. The number of thiophene rings is 1. The van der Waals surface area contributed by atoms with Crippen LogP contribution in [0.2, 0.25) is 0 Å². The minimum Gasteiger partial charge on any atom is -0.399 e. The Balaban J connectivity index is 1.41. The van der Waals surface area contributed by atoms with Crippen molar-refractivity contribution in [1.82, 2.24) is 10.3 Å². The number of rotatable bonds is 9. The van der Waals surface area contributed by atoms with Crippen molar-refractivity contribution in [2.75, 3.05) is 16.4 Å². The van der Waals surface area contributed by atoms with Crippen LogP contribution in [-0.4, -0.2) is 22.6 Å². The van der Waals surface area contributed by atoms with Gasteiger partial charge in [0.15, 0.2) is 0 Å². The molecule has 1 aliphatic heterocycles. The first kappa shape index (κ1) is 28.2. The summed E-state index contributed by atoms with van der Waals surface area (Å²) >= 11 is 2.87. The molecule has 0 spiro atoms. The van der Waals surface area contributed by atoms with E-state index in [1.165, 1.54) is 11.8 Å². The summed E-state index contributed by atoms with van der Waals surface area (Å²) in [4.78, 5) is 32.8. The van der Waals surface area contributed by atoms with Crippen LogP contribution in [0.1, 0.15) is 30.2 Å². The Hall–Kier alpha value is -4.34. The summed E-state index contributed by atoms with van der Waals surface area (Å²) in [5, 5.41) is 9.95. The van der Waals surface area contributed by atoms with E-state index in [1.807, 2.05) is 91.9 Å². The van der Waals surface area contributed by atoms with E-state index in [1.54, 1.807) is 17.5 Å². The maximum absolute atomic E-state index is 13.6. The van der Waals surface area contributed by atoms with Crippen LogP contribution >= 0.6 is 23.1 Å². The molecule has 0 fully saturated rings. The first-order valence-corrected chi connectivity index (χ1v) is 15.1. The SMILES string of the molecule is CCc1cccc(NC(=O)CSC2=C(N)C(c3ccc(-c4ccccn4)s3)C(C(=O)Nc3ccccc3)=C(C)N2)c1. The fourth-order valence-corrected chi connectivity index (χ4v) is 6.58. The third kappa shape index (κ3) is 6.70. The molecule has 5 N–H and O–H groups in total. The lowest BCUT2D eigenvalue weighted by Gasteiger charge is -2.30. The highest BCUT2D eigenvalue weighted by molar-refractivity contribution is 8.03. The van der Waals surface area contributed by atoms with E-state index < -0.39 is 5.92 Å². The van der Waals surface area contributed by atoms with Crippen molar-refractivity contribution in [3.8, 4) is 10.6 Å². The largest absolute Gasteiger partial charge is 0.399 e. The Labute approximate surface area is 248 Å². The quantitative estimate of drug-likeness (QED) is 0.180. The van der Waals surface area contributed by atoms with Gasteiger partial charge >= 0.3 is 0 Å². The summed E-state index contributed by atoms with van der Waals surface area (Å²) in [6.45, 7) is 3.94. The molecule has 7 nitrogen and oxygen atoms in total. The first-order chi connectivity index (χ1) is 19.9. The molecule has 0 saturated carbocycles. The van der Waals surface area contributed by atoms with Gasteiger partial charge in [0.05, 0.1) is 38.5 Å². The predicted octanol–water partition coefficient (Wildman–Crippen LogP) is 6.47. The Morgan fingerprint density at radius 2 is 1.76 bits per heavy atom. The number of allylic oxidation sites excluding steroid dienone is 2. The van der Waals surface area contributed by atoms with Crippen LogP contribution in [0.4, 0.5) is 11.4 Å². The summed E-state index contributed by atoms with van der Waals surface area (Å²) in [5.74, 6) is -0.701. The molecule has 4 aromatic rings. The number of anilines is 2. The summed E-state index contributed by atoms with van der Waals surface area (Å²) in [6.07, 6.45) is 2.65. The van der Waals surface area contributed by atoms with Crippen molar-refractivity contribution >= 4 is 46.3 Å². The molecule has 2 aromatic heterocycles. The van der Waals surface area contributed by atoms with Gasteiger partial charge in [-0.25, -0.2) is 0 Å². The average Bonchev–Trinajstić information content (AvgIpc) is 3.48. The van der Waals surface area contributed by atoms with Gasteiger partial charge in [0.1, 0.15) is 0 Å². The smallest absolute Gasteiger partial charge is 0.254 e. The van der Waals surface area contributed by atoms with E-state index in [0.29, 0.717) is 27.7 Å². The van der Waals surface area contributed by atoms with Gasteiger partial charge in [-0.05, 0) is 67.4 Å². The van der Waals surface area contributed by atoms with Crippen LogP contribution in [0.15, 0.2) is 113 Å². The van der Waals surface area contributed by atoms with Gasteiger partial charge in [-0.2, -0.15) is 0 Å². The summed E-state index contributed by atoms with van der Waals surface area (Å²) in [7, 11) is 0. The van der Waals surface area contributed by atoms with Gasteiger partial charge in [-0.3, -0.25) is 14.6 Å². The first-order valence-electron chi connectivity index (χ1n) is 13.3. The van der Waals surface area contributed by atoms with E-state index in [9.17, 15) is 9.59 Å². The van der Waals surface area contributed by atoms with Crippen LogP contribution in [0, 0.1) is 0 Å². The molecule has 0 radical (unpaired) electrons. The number of carbonyl (C=O) groups excluding carboxylic acids is 2. The molecular weight excluding hydrogens is 551 g/mol. The molecule has 0 aliphatic carbocycles. The van der Waals surface area contributed by atoms with E-state index in [2.05, 4.69) is 27.9 Å². The minimum absolute atomic E-state index is 0.135. The number of dihydropyridines is 1. The monoisotopic (exact) mass is 581 g/mol. The van der Waals surface area contributed by atoms with Gasteiger partial charge in [0.25, 0.3) is 5.91 Å². The standard InChI is InChI=1S/C32H31N5O2S2/c1-3-21-10-9-13-23(18-21)36-27(38)19-40-32-30(33)29(26-16-15-25(41-26)24-14-7-8-17-34-24)28(20(2)35-32)31(39)37-22-11-5-4-6-12-22/h4-18,29,35H,3,19,33H2,1-2H3,(H,36,38)(H,37,39). The van der Waals surface area contributed by atoms with Crippen LogP contribution in [-0.2, 0) is 16.0 Å². The van der Waals surface area contributed by atoms with Crippen molar-refractivity contribution in [3.05, 3.63) is 124 Å². The number of carbonyl (C=O) groups is 2. The molecule has 41 heavy (non-hydrogen) atoms. The third-order valence-electron chi connectivity index (χ3n) is 6.64. The van der Waals surface area contributed by atoms with Crippen molar-refractivity contribution < 1.29 is 9.59 Å². The second-order valence-corrected chi connectivity index (χ2v) is 11.6. The summed E-state index contributed by atoms with van der Waals surface area (Å²) in [5.41, 5.74) is 12.0. The number of para-hydroxylation sites is 1. The molecule has 2 amide bonds. The lowest BCUT2D eigenvalue weighted by Crippen LogP contribution is -2.33. The molecule has 2 aromatic carbocycles. The molecule has 208 valence electrons. The normalized spacial score (nSPS) is 14.9. The summed E-state index contributed by atoms with van der Waals surface area (Å²) < 4.78 is 0. The van der Waals surface area contributed by atoms with E-state index in [4.69, 9.17) is 5.73 Å². The van der Waals surface area contributed by atoms with E-state index >= 15 is 0 Å². The van der Waals surface area contributed by atoms with Crippen molar-refractivity contribution in [2.45, 2.75) is 26.2 Å². The van der Waals surface area contributed by atoms with Gasteiger partial charge in [0, 0.05) is 28.1 Å². The molecule has 5 rings (SSSR count). The zero-order chi connectivity index (χ0) is 28.8. The number of pyridine rings is 1. The van der Waals surface area contributed by atoms with Crippen molar-refractivity contribution in [2.24, 2.45) is 5.73 Å². The zero-order valence-corrected chi connectivity index (χ0v) is 24.4. The molecule has 3 heterocycles. The van der Waals surface area contributed by atoms with Crippen LogP contribution in [0.25, 0.3) is 10.6 Å². The lowest BCUT2D eigenvalue weighted by molar-refractivity contribution is -0.114. The highest BCUT2D eigenvalue weighted by Crippen LogP contribution is 2.43. The van der Waals surface area contributed by atoms with Gasteiger partial charge in [-0.15, -0.1) is 11.3 Å². The summed E-state index contributed by atoms with van der Waals surface area (Å²) in [6, 6.07) is 26.9. The molecule has 0 saturated heterocycles. The number of aryl methyl sites for hydroxylation is 1. The Morgan fingerprint density at radius 1 is 0.976 bits per heavy atom. The molecular formula is C32H31N5O2S2. The number of nitrogens with zero attached hydrogens (tertiary/aromatic N) is 1. The van der Waals surface area contributed by atoms with E-state index in [-0.39, 0.29) is 17.6 Å². The number of hydrogen-bond acceptors (Lipinski definition) is 7. The number of aromatic nitrogens is 1. The van der Waals surface area contributed by atoms with Crippen LogP contribution in [0.3, 0.4) is 0 Å². The second kappa shape index (κ2) is 12.9. The zero-order valence-electron chi connectivity index (χ0n) is 22.8. The Morgan fingerprint density at radius 3 is 2.51 bits per heavy atom. The van der Waals surface area contributed by atoms with Crippen LogP contribution in [0.5, 0.6) is 0 Å². The van der Waals surface area contributed by atoms with Gasteiger partial charge in [0.2, 0.25) is 5.91 Å². The van der Waals surface area contributed by atoms with Crippen molar-refractivity contribution in [1.29, 1.82) is 0 Å². The number of thioether (sulfide) groups is 1. The lowest BCUT2D eigenvalue weighted by atomic mass is 9.90. The second-order valence-electron chi connectivity index (χ2n) is 9.51. The maximum Gasteiger partial charge on any atom is 0.254 e. The fourth-order valence-electron chi connectivity index (χ4n) is 4.61. The minimum atomic E-state index is -0.491. The van der Waals surface area contributed by atoms with Gasteiger partial charge in [-0.1, -0.05) is 55.1 Å². The third-order valence-corrected chi connectivity index (χ3v) is 8.84. The number of nitrogens with two attached hydrogens (primary N) is 1. The number of benzene rings is 2. The molecule has 0 bridgehead atoms. The maximum atomic E-state index is 13.6. The molecule has 1 unspecified atom stereocenters.